The molecule has 1 saturated heterocycles. The number of fused-ring (bicyclic) bond motifs is 1. The minimum atomic E-state index is 0.0521. The van der Waals surface area contributed by atoms with Gasteiger partial charge in [0.25, 0.3) is 5.91 Å². The predicted molar refractivity (Wildman–Crippen MR) is 112 cm³/mol. The molecule has 1 aromatic carbocycles. The standard InChI is InChI=1S/C21H21N5O2S/c1-14-4-5-16-15(11-14)12-17(22-16)21(27)26-8-6-25(7-9-26)13-19-23-20(24-28-19)18-3-2-10-29-18/h2-5,10-12,22H,6-9,13H2,1H3. The predicted octanol–water partition coefficient (Wildman–Crippen LogP) is 3.55. The quantitative estimate of drug-likeness (QED) is 0.560. The summed E-state index contributed by atoms with van der Waals surface area (Å²) in [6.45, 7) is 5.58. The average molecular weight is 407 g/mol. The topological polar surface area (TPSA) is 78.3 Å². The summed E-state index contributed by atoms with van der Waals surface area (Å²) in [6, 6.07) is 12.1. The van der Waals surface area contributed by atoms with Gasteiger partial charge >= 0.3 is 0 Å². The number of piperazine rings is 1. The van der Waals surface area contributed by atoms with Crippen molar-refractivity contribution < 1.29 is 9.32 Å². The largest absolute Gasteiger partial charge is 0.351 e. The first-order valence-electron chi connectivity index (χ1n) is 9.63. The van der Waals surface area contributed by atoms with Crippen LogP contribution >= 0.6 is 11.3 Å². The zero-order chi connectivity index (χ0) is 19.8. The lowest BCUT2D eigenvalue weighted by atomic mass is 10.2. The van der Waals surface area contributed by atoms with E-state index in [1.54, 1.807) is 11.3 Å². The van der Waals surface area contributed by atoms with Gasteiger partial charge < -0.3 is 14.4 Å². The van der Waals surface area contributed by atoms with E-state index in [1.807, 2.05) is 40.6 Å². The Morgan fingerprint density at radius 1 is 1.21 bits per heavy atom. The van der Waals surface area contributed by atoms with Crippen LogP contribution in [0.15, 0.2) is 46.3 Å². The van der Waals surface area contributed by atoms with E-state index >= 15 is 0 Å². The van der Waals surface area contributed by atoms with Gasteiger partial charge in [-0.25, -0.2) is 0 Å². The summed E-state index contributed by atoms with van der Waals surface area (Å²) in [5, 5.41) is 7.13. The number of rotatable bonds is 4. The Kier molecular flexibility index (Phi) is 4.65. The molecule has 0 aliphatic carbocycles. The summed E-state index contributed by atoms with van der Waals surface area (Å²) in [5.74, 6) is 1.30. The number of amides is 1. The number of aromatic amines is 1. The zero-order valence-electron chi connectivity index (χ0n) is 16.1. The van der Waals surface area contributed by atoms with Crippen molar-refractivity contribution in [1.82, 2.24) is 24.9 Å². The lowest BCUT2D eigenvalue weighted by Gasteiger charge is -2.33. The van der Waals surface area contributed by atoms with Crippen molar-refractivity contribution in [2.45, 2.75) is 13.5 Å². The second-order valence-electron chi connectivity index (χ2n) is 7.33. The number of carbonyl (C=O) groups excluding carboxylic acids is 1. The van der Waals surface area contributed by atoms with E-state index < -0.39 is 0 Å². The van der Waals surface area contributed by atoms with E-state index in [0.29, 0.717) is 37.0 Å². The Balaban J connectivity index is 1.20. The molecule has 0 bridgehead atoms. The third-order valence-electron chi connectivity index (χ3n) is 5.23. The van der Waals surface area contributed by atoms with Crippen LogP contribution in [0.2, 0.25) is 0 Å². The van der Waals surface area contributed by atoms with Crippen molar-refractivity contribution in [2.75, 3.05) is 26.2 Å². The van der Waals surface area contributed by atoms with E-state index in [1.165, 1.54) is 5.56 Å². The van der Waals surface area contributed by atoms with Gasteiger partial charge in [-0.15, -0.1) is 11.3 Å². The lowest BCUT2D eigenvalue weighted by Crippen LogP contribution is -2.48. The molecule has 1 aliphatic heterocycles. The molecule has 0 saturated carbocycles. The highest BCUT2D eigenvalue weighted by molar-refractivity contribution is 7.13. The molecule has 148 valence electrons. The Hall–Kier alpha value is -2.97. The molecule has 29 heavy (non-hydrogen) atoms. The number of H-pyrrole nitrogens is 1. The molecule has 3 aromatic heterocycles. The normalized spacial score (nSPS) is 15.3. The summed E-state index contributed by atoms with van der Waals surface area (Å²) in [4.78, 5) is 25.8. The minimum Gasteiger partial charge on any atom is -0.351 e. The molecule has 0 atom stereocenters. The van der Waals surface area contributed by atoms with Crippen molar-refractivity contribution in [2.24, 2.45) is 0 Å². The number of benzene rings is 1. The van der Waals surface area contributed by atoms with Crippen LogP contribution in [-0.4, -0.2) is 57.0 Å². The molecular formula is C21H21N5O2S. The summed E-state index contributed by atoms with van der Waals surface area (Å²) in [5.41, 5.74) is 2.83. The van der Waals surface area contributed by atoms with Crippen molar-refractivity contribution in [3.8, 4) is 10.7 Å². The molecule has 1 aliphatic rings. The summed E-state index contributed by atoms with van der Waals surface area (Å²) in [7, 11) is 0. The van der Waals surface area contributed by atoms with Crippen molar-refractivity contribution in [3.63, 3.8) is 0 Å². The van der Waals surface area contributed by atoms with Crippen LogP contribution in [-0.2, 0) is 6.54 Å². The molecule has 4 aromatic rings. The first kappa shape index (κ1) is 18.1. The average Bonchev–Trinajstić information content (AvgIpc) is 3.48. The van der Waals surface area contributed by atoms with Crippen LogP contribution in [0, 0.1) is 6.92 Å². The summed E-state index contributed by atoms with van der Waals surface area (Å²) >= 11 is 1.59. The molecule has 0 spiro atoms. The van der Waals surface area contributed by atoms with Gasteiger partial charge in [-0.1, -0.05) is 22.9 Å². The maximum Gasteiger partial charge on any atom is 0.270 e. The second-order valence-corrected chi connectivity index (χ2v) is 8.28. The Labute approximate surface area is 171 Å². The number of thiophene rings is 1. The number of aryl methyl sites for hydroxylation is 1. The van der Waals surface area contributed by atoms with Gasteiger partial charge in [0.2, 0.25) is 11.7 Å². The molecule has 4 heterocycles. The van der Waals surface area contributed by atoms with Crippen LogP contribution in [0.25, 0.3) is 21.6 Å². The second kappa shape index (κ2) is 7.46. The van der Waals surface area contributed by atoms with E-state index in [9.17, 15) is 4.79 Å². The van der Waals surface area contributed by atoms with Crippen molar-refractivity contribution in [1.29, 1.82) is 0 Å². The molecule has 0 unspecified atom stereocenters. The number of aromatic nitrogens is 3. The van der Waals surface area contributed by atoms with Gasteiger partial charge in [-0.3, -0.25) is 9.69 Å². The fourth-order valence-corrected chi connectivity index (χ4v) is 4.31. The Bertz CT molecular complexity index is 1140. The highest BCUT2D eigenvalue weighted by Crippen LogP contribution is 2.22. The number of carbonyl (C=O) groups is 1. The van der Waals surface area contributed by atoms with E-state index in [0.717, 1.165) is 28.9 Å². The fraction of sp³-hybridized carbons (Fsp3) is 0.286. The third kappa shape index (κ3) is 3.68. The summed E-state index contributed by atoms with van der Waals surface area (Å²) < 4.78 is 5.40. The Morgan fingerprint density at radius 3 is 2.86 bits per heavy atom. The van der Waals surface area contributed by atoms with Gasteiger partial charge in [0, 0.05) is 37.1 Å². The smallest absolute Gasteiger partial charge is 0.270 e. The molecule has 8 heteroatoms. The highest BCUT2D eigenvalue weighted by Gasteiger charge is 2.24. The molecule has 7 nitrogen and oxygen atoms in total. The fourth-order valence-electron chi connectivity index (χ4n) is 3.66. The number of nitrogens with zero attached hydrogens (tertiary/aromatic N) is 4. The van der Waals surface area contributed by atoms with Crippen LogP contribution in [0.1, 0.15) is 21.9 Å². The molecule has 1 N–H and O–H groups in total. The number of hydrogen-bond acceptors (Lipinski definition) is 6. The van der Waals surface area contributed by atoms with E-state index in [2.05, 4.69) is 33.0 Å². The maximum atomic E-state index is 12.9. The van der Waals surface area contributed by atoms with Gasteiger partial charge in [-0.05, 0) is 36.6 Å². The van der Waals surface area contributed by atoms with Crippen molar-refractivity contribution >= 4 is 28.1 Å². The number of nitrogens with one attached hydrogen (secondary N) is 1. The minimum absolute atomic E-state index is 0.0521. The molecule has 0 radical (unpaired) electrons. The van der Waals surface area contributed by atoms with Crippen LogP contribution in [0.4, 0.5) is 0 Å². The molecule has 1 amide bonds. The molecule has 1 fully saturated rings. The Morgan fingerprint density at radius 2 is 2.07 bits per heavy atom. The lowest BCUT2D eigenvalue weighted by molar-refractivity contribution is 0.0610. The van der Waals surface area contributed by atoms with E-state index in [4.69, 9.17) is 4.52 Å². The van der Waals surface area contributed by atoms with Crippen LogP contribution in [0.5, 0.6) is 0 Å². The molecule has 5 rings (SSSR count). The highest BCUT2D eigenvalue weighted by atomic mass is 32.1. The zero-order valence-corrected chi connectivity index (χ0v) is 16.9. The SMILES string of the molecule is Cc1ccc2[nH]c(C(=O)N3CCN(Cc4nc(-c5cccs5)no4)CC3)cc2c1. The van der Waals surface area contributed by atoms with Gasteiger partial charge in [0.05, 0.1) is 11.4 Å². The first-order chi connectivity index (χ1) is 14.2. The van der Waals surface area contributed by atoms with Crippen LogP contribution in [0.3, 0.4) is 0 Å². The van der Waals surface area contributed by atoms with Crippen LogP contribution < -0.4 is 0 Å². The molecular weight excluding hydrogens is 386 g/mol. The monoisotopic (exact) mass is 407 g/mol. The van der Waals surface area contributed by atoms with E-state index in [-0.39, 0.29) is 5.91 Å². The van der Waals surface area contributed by atoms with Crippen molar-refractivity contribution in [3.05, 3.63) is 58.9 Å². The van der Waals surface area contributed by atoms with Gasteiger partial charge in [0.1, 0.15) is 5.69 Å². The summed E-state index contributed by atoms with van der Waals surface area (Å²) in [6.07, 6.45) is 0. The van der Waals surface area contributed by atoms with Gasteiger partial charge in [0.15, 0.2) is 0 Å². The third-order valence-corrected chi connectivity index (χ3v) is 6.10. The van der Waals surface area contributed by atoms with Gasteiger partial charge in [-0.2, -0.15) is 4.98 Å². The maximum absolute atomic E-state index is 12.9. The first-order valence-corrected chi connectivity index (χ1v) is 10.5. The number of hydrogen-bond donors (Lipinski definition) is 1.